The van der Waals surface area contributed by atoms with Gasteiger partial charge >= 0.3 is 5.97 Å². The molecule has 1 heterocycles. The number of aromatic nitrogens is 2. The third kappa shape index (κ3) is 5.53. The molecule has 110 valence electrons. The van der Waals surface area contributed by atoms with Crippen LogP contribution in [-0.2, 0) is 10.5 Å². The van der Waals surface area contributed by atoms with Crippen molar-refractivity contribution in [3.63, 3.8) is 0 Å². The van der Waals surface area contributed by atoms with E-state index in [4.69, 9.17) is 5.11 Å². The molecule has 0 amide bonds. The summed E-state index contributed by atoms with van der Waals surface area (Å²) in [5, 5.41) is 16.8. The maximum Gasteiger partial charge on any atom is 0.304 e. The first-order valence-corrected chi connectivity index (χ1v) is 8.98. The summed E-state index contributed by atoms with van der Waals surface area (Å²) >= 11 is 4.58. The van der Waals surface area contributed by atoms with E-state index in [1.807, 2.05) is 18.2 Å². The SMILES string of the molecule is C=Cc1ccc(CSc2nnc(SCCC(=O)O)s2)cc1. The number of hydrogen-bond acceptors (Lipinski definition) is 6. The van der Waals surface area contributed by atoms with E-state index in [1.165, 1.54) is 28.7 Å². The number of carboxylic acid groups (broad SMARTS) is 1. The van der Waals surface area contributed by atoms with Crippen molar-refractivity contribution in [3.05, 3.63) is 42.0 Å². The van der Waals surface area contributed by atoms with Crippen molar-refractivity contribution in [1.82, 2.24) is 10.2 Å². The number of carbonyl (C=O) groups is 1. The summed E-state index contributed by atoms with van der Waals surface area (Å²) in [6, 6.07) is 8.23. The predicted octanol–water partition coefficient (Wildman–Crippen LogP) is 4.04. The number of benzene rings is 1. The summed E-state index contributed by atoms with van der Waals surface area (Å²) in [5.74, 6) is 0.577. The van der Waals surface area contributed by atoms with Crippen molar-refractivity contribution in [2.24, 2.45) is 0 Å². The number of carboxylic acids is 1. The van der Waals surface area contributed by atoms with E-state index < -0.39 is 5.97 Å². The van der Waals surface area contributed by atoms with Gasteiger partial charge in [0, 0.05) is 11.5 Å². The first-order valence-electron chi connectivity index (χ1n) is 6.19. The van der Waals surface area contributed by atoms with Crippen LogP contribution in [0, 0.1) is 0 Å². The molecule has 1 aromatic heterocycles. The van der Waals surface area contributed by atoms with Crippen LogP contribution < -0.4 is 0 Å². The van der Waals surface area contributed by atoms with Crippen LogP contribution in [0.15, 0.2) is 39.5 Å². The van der Waals surface area contributed by atoms with E-state index in [9.17, 15) is 4.79 Å². The molecule has 2 rings (SSSR count). The van der Waals surface area contributed by atoms with E-state index in [0.29, 0.717) is 5.75 Å². The molecule has 4 nitrogen and oxygen atoms in total. The molecule has 0 atom stereocenters. The minimum atomic E-state index is -0.787. The van der Waals surface area contributed by atoms with Crippen molar-refractivity contribution in [1.29, 1.82) is 0 Å². The molecule has 0 bridgehead atoms. The van der Waals surface area contributed by atoms with Crippen molar-refractivity contribution in [3.8, 4) is 0 Å². The molecule has 21 heavy (non-hydrogen) atoms. The maximum absolute atomic E-state index is 10.4. The second-order valence-corrected chi connectivity index (χ2v) is 7.60. The lowest BCUT2D eigenvalue weighted by Gasteiger charge is -1.99. The molecule has 0 fully saturated rings. The second-order valence-electron chi connectivity index (χ2n) is 4.06. The molecular weight excluding hydrogens is 324 g/mol. The number of nitrogens with zero attached hydrogens (tertiary/aromatic N) is 2. The highest BCUT2D eigenvalue weighted by molar-refractivity contribution is 8.02. The molecular formula is C14H14N2O2S3. The van der Waals surface area contributed by atoms with Crippen LogP contribution in [0.25, 0.3) is 6.08 Å². The summed E-state index contributed by atoms with van der Waals surface area (Å²) in [6.45, 7) is 3.73. The Balaban J connectivity index is 1.81. The van der Waals surface area contributed by atoms with Crippen LogP contribution in [0.1, 0.15) is 17.5 Å². The lowest BCUT2D eigenvalue weighted by molar-refractivity contribution is -0.136. The summed E-state index contributed by atoms with van der Waals surface area (Å²) in [5.41, 5.74) is 2.33. The molecule has 0 saturated heterocycles. The predicted molar refractivity (Wildman–Crippen MR) is 89.0 cm³/mol. The van der Waals surface area contributed by atoms with Gasteiger partial charge in [0.15, 0.2) is 8.68 Å². The summed E-state index contributed by atoms with van der Waals surface area (Å²) in [6.07, 6.45) is 1.96. The van der Waals surface area contributed by atoms with E-state index in [1.54, 1.807) is 11.8 Å². The molecule has 0 unspecified atom stereocenters. The van der Waals surface area contributed by atoms with Gasteiger partial charge in [-0.3, -0.25) is 4.79 Å². The van der Waals surface area contributed by atoms with Gasteiger partial charge in [-0.1, -0.05) is 71.8 Å². The molecule has 0 aliphatic carbocycles. The highest BCUT2D eigenvalue weighted by Gasteiger charge is 2.07. The smallest absolute Gasteiger partial charge is 0.304 e. The number of rotatable bonds is 8. The van der Waals surface area contributed by atoms with Crippen molar-refractivity contribution >= 4 is 46.9 Å². The molecule has 0 saturated carbocycles. The first-order chi connectivity index (χ1) is 10.2. The Morgan fingerprint density at radius 2 is 1.90 bits per heavy atom. The lowest BCUT2D eigenvalue weighted by Crippen LogP contribution is -1.95. The van der Waals surface area contributed by atoms with Gasteiger partial charge in [0.1, 0.15) is 0 Å². The zero-order valence-electron chi connectivity index (χ0n) is 11.2. The van der Waals surface area contributed by atoms with Gasteiger partial charge in [0.05, 0.1) is 6.42 Å². The maximum atomic E-state index is 10.4. The van der Waals surface area contributed by atoms with E-state index in [0.717, 1.165) is 20.0 Å². The Labute approximate surface area is 135 Å². The minimum absolute atomic E-state index is 0.141. The van der Waals surface area contributed by atoms with Gasteiger partial charge in [0.25, 0.3) is 0 Å². The quantitative estimate of drug-likeness (QED) is 0.733. The summed E-state index contributed by atoms with van der Waals surface area (Å²) in [4.78, 5) is 10.4. The van der Waals surface area contributed by atoms with Crippen LogP contribution in [0.2, 0.25) is 0 Å². The monoisotopic (exact) mass is 338 g/mol. The molecule has 0 aliphatic heterocycles. The number of thioether (sulfide) groups is 2. The van der Waals surface area contributed by atoms with Crippen LogP contribution in [0.4, 0.5) is 0 Å². The number of aliphatic carboxylic acids is 1. The topological polar surface area (TPSA) is 63.1 Å². The molecule has 1 aromatic carbocycles. The van der Waals surface area contributed by atoms with Crippen molar-refractivity contribution in [2.45, 2.75) is 20.9 Å². The normalized spacial score (nSPS) is 10.5. The first kappa shape index (κ1) is 16.1. The van der Waals surface area contributed by atoms with Crippen LogP contribution in [0.3, 0.4) is 0 Å². The fourth-order valence-electron chi connectivity index (χ4n) is 1.43. The fourth-order valence-corrected chi connectivity index (χ4v) is 4.41. The third-order valence-corrected chi connectivity index (χ3v) is 5.77. The molecule has 1 N–H and O–H groups in total. The Kier molecular flexibility index (Phi) is 6.28. The largest absolute Gasteiger partial charge is 0.481 e. The standard InChI is InChI=1S/C14H14N2O2S3/c1-2-10-3-5-11(6-4-10)9-20-14-16-15-13(21-14)19-8-7-12(17)18/h2-6H,1,7-9H2,(H,17,18). The van der Waals surface area contributed by atoms with Gasteiger partial charge < -0.3 is 5.11 Å². The van der Waals surface area contributed by atoms with Crippen LogP contribution in [-0.4, -0.2) is 27.0 Å². The zero-order chi connectivity index (χ0) is 15.1. The Hall–Kier alpha value is -1.31. The van der Waals surface area contributed by atoms with Crippen LogP contribution >= 0.6 is 34.9 Å². The van der Waals surface area contributed by atoms with Gasteiger partial charge in [-0.2, -0.15) is 0 Å². The van der Waals surface area contributed by atoms with E-state index >= 15 is 0 Å². The molecule has 2 aromatic rings. The van der Waals surface area contributed by atoms with Crippen molar-refractivity contribution in [2.75, 3.05) is 5.75 Å². The highest BCUT2D eigenvalue weighted by atomic mass is 32.2. The minimum Gasteiger partial charge on any atom is -0.481 e. The lowest BCUT2D eigenvalue weighted by atomic mass is 10.1. The highest BCUT2D eigenvalue weighted by Crippen LogP contribution is 2.30. The Bertz CT molecular complexity index is 611. The molecule has 0 radical (unpaired) electrons. The van der Waals surface area contributed by atoms with Gasteiger partial charge in [-0.05, 0) is 11.1 Å². The fraction of sp³-hybridized carbons (Fsp3) is 0.214. The number of hydrogen-bond donors (Lipinski definition) is 1. The van der Waals surface area contributed by atoms with E-state index in [2.05, 4.69) is 28.9 Å². The summed E-state index contributed by atoms with van der Waals surface area (Å²) in [7, 11) is 0. The summed E-state index contributed by atoms with van der Waals surface area (Å²) < 4.78 is 1.72. The van der Waals surface area contributed by atoms with Gasteiger partial charge in [-0.15, -0.1) is 10.2 Å². The molecule has 7 heteroatoms. The Morgan fingerprint density at radius 1 is 1.24 bits per heavy atom. The second kappa shape index (κ2) is 8.21. The molecule has 0 spiro atoms. The average molecular weight is 338 g/mol. The van der Waals surface area contributed by atoms with Gasteiger partial charge in [0.2, 0.25) is 0 Å². The molecule has 0 aliphatic rings. The van der Waals surface area contributed by atoms with Crippen LogP contribution in [0.5, 0.6) is 0 Å². The third-order valence-electron chi connectivity index (χ3n) is 2.51. The average Bonchev–Trinajstić information content (AvgIpc) is 2.93. The Morgan fingerprint density at radius 3 is 2.52 bits per heavy atom. The zero-order valence-corrected chi connectivity index (χ0v) is 13.6. The van der Waals surface area contributed by atoms with Gasteiger partial charge in [-0.25, -0.2) is 0 Å². The van der Waals surface area contributed by atoms with E-state index in [-0.39, 0.29) is 6.42 Å². The van der Waals surface area contributed by atoms with Crippen molar-refractivity contribution < 1.29 is 9.90 Å².